The van der Waals surface area contributed by atoms with E-state index in [2.05, 4.69) is 45.3 Å². The lowest BCUT2D eigenvalue weighted by Crippen LogP contribution is -2.41. The van der Waals surface area contributed by atoms with Crippen LogP contribution in [0, 0.1) is 5.92 Å². The quantitative estimate of drug-likeness (QED) is 0.439. The topological polar surface area (TPSA) is 105 Å². The third-order valence-electron chi connectivity index (χ3n) is 7.34. The van der Waals surface area contributed by atoms with Crippen LogP contribution in [-0.2, 0) is 10.0 Å². The van der Waals surface area contributed by atoms with Gasteiger partial charge in [0.1, 0.15) is 5.82 Å². The molecular formula is C29H35N5O4S. The Kier molecular flexibility index (Phi) is 7.48. The Morgan fingerprint density at radius 1 is 1.03 bits per heavy atom. The van der Waals surface area contributed by atoms with E-state index in [-0.39, 0.29) is 22.0 Å². The van der Waals surface area contributed by atoms with Crippen molar-refractivity contribution in [1.29, 1.82) is 0 Å². The number of amides is 1. The van der Waals surface area contributed by atoms with Gasteiger partial charge in [-0.05, 0) is 75.8 Å². The molecule has 39 heavy (non-hydrogen) atoms. The monoisotopic (exact) mass is 549 g/mol. The summed E-state index contributed by atoms with van der Waals surface area (Å²) in [5.41, 5.74) is 0.939. The predicted octanol–water partition coefficient (Wildman–Crippen LogP) is 5.00. The second-order valence-corrected chi connectivity index (χ2v) is 12.6. The molecule has 0 bridgehead atoms. The SMILES string of the molecule is CC1CN(c2ncccc2C(=O)NS(=O)(=O)c2cccc(Oc3ccccc3N3CCCCC3)n2)C(C)(C)C1. The number of para-hydroxylation sites is 2. The molecular weight excluding hydrogens is 514 g/mol. The Bertz CT molecular complexity index is 1450. The Morgan fingerprint density at radius 3 is 2.54 bits per heavy atom. The van der Waals surface area contributed by atoms with Crippen molar-refractivity contribution in [1.82, 2.24) is 14.7 Å². The van der Waals surface area contributed by atoms with Gasteiger partial charge in [0, 0.05) is 37.4 Å². The van der Waals surface area contributed by atoms with Crippen LogP contribution in [0.3, 0.4) is 0 Å². The molecule has 10 heteroatoms. The number of carbonyl (C=O) groups is 1. The highest BCUT2D eigenvalue weighted by atomic mass is 32.2. The maximum Gasteiger partial charge on any atom is 0.281 e. The Morgan fingerprint density at radius 2 is 1.79 bits per heavy atom. The van der Waals surface area contributed by atoms with Gasteiger partial charge in [-0.1, -0.05) is 25.1 Å². The molecule has 1 amide bonds. The average Bonchev–Trinajstić information content (AvgIpc) is 3.20. The third kappa shape index (κ3) is 5.85. The summed E-state index contributed by atoms with van der Waals surface area (Å²) in [6.45, 7) is 8.97. The number of ether oxygens (including phenoxy) is 1. The molecule has 2 aromatic heterocycles. The minimum Gasteiger partial charge on any atom is -0.437 e. The van der Waals surface area contributed by atoms with Crippen LogP contribution >= 0.6 is 0 Å². The number of carbonyl (C=O) groups excluding carboxylic acids is 1. The first kappa shape index (κ1) is 26.9. The molecule has 0 aliphatic carbocycles. The Hall–Kier alpha value is -3.66. The van der Waals surface area contributed by atoms with E-state index in [1.54, 1.807) is 30.5 Å². The molecule has 1 atom stereocenters. The highest BCUT2D eigenvalue weighted by molar-refractivity contribution is 7.90. The van der Waals surface area contributed by atoms with Crippen LogP contribution in [0.2, 0.25) is 0 Å². The number of nitrogens with one attached hydrogen (secondary N) is 1. The van der Waals surface area contributed by atoms with Crippen molar-refractivity contribution in [3.63, 3.8) is 0 Å². The molecule has 0 spiro atoms. The summed E-state index contributed by atoms with van der Waals surface area (Å²) in [6, 6.07) is 15.4. The number of rotatable bonds is 7. The second kappa shape index (κ2) is 10.8. The van der Waals surface area contributed by atoms with E-state index in [1.165, 1.54) is 12.5 Å². The fraction of sp³-hybridized carbons (Fsp3) is 0.414. The molecule has 9 nitrogen and oxygen atoms in total. The van der Waals surface area contributed by atoms with Crippen LogP contribution in [-0.4, -0.2) is 49.5 Å². The van der Waals surface area contributed by atoms with E-state index < -0.39 is 15.9 Å². The molecule has 4 heterocycles. The van der Waals surface area contributed by atoms with Gasteiger partial charge in [-0.3, -0.25) is 4.79 Å². The van der Waals surface area contributed by atoms with Crippen LogP contribution in [0.1, 0.15) is 56.8 Å². The molecule has 3 aromatic rings. The minimum absolute atomic E-state index is 0.129. The van der Waals surface area contributed by atoms with Crippen LogP contribution in [0.25, 0.3) is 0 Å². The molecule has 5 rings (SSSR count). The van der Waals surface area contributed by atoms with Crippen molar-refractivity contribution < 1.29 is 17.9 Å². The lowest BCUT2D eigenvalue weighted by atomic mass is 9.97. The molecule has 2 saturated heterocycles. The molecule has 0 saturated carbocycles. The highest BCUT2D eigenvalue weighted by Crippen LogP contribution is 2.37. The predicted molar refractivity (Wildman–Crippen MR) is 151 cm³/mol. The van der Waals surface area contributed by atoms with E-state index in [9.17, 15) is 13.2 Å². The molecule has 2 aliphatic heterocycles. The zero-order valence-electron chi connectivity index (χ0n) is 22.6. The van der Waals surface area contributed by atoms with Crippen LogP contribution in [0.4, 0.5) is 11.5 Å². The summed E-state index contributed by atoms with van der Waals surface area (Å²) in [6.07, 6.45) is 6.01. The lowest BCUT2D eigenvalue weighted by molar-refractivity contribution is 0.0981. The second-order valence-electron chi connectivity index (χ2n) is 11.0. The van der Waals surface area contributed by atoms with Crippen molar-refractivity contribution in [2.45, 2.75) is 57.0 Å². The molecule has 1 unspecified atom stereocenters. The first-order valence-electron chi connectivity index (χ1n) is 13.4. The van der Waals surface area contributed by atoms with Crippen molar-refractivity contribution in [2.24, 2.45) is 5.92 Å². The van der Waals surface area contributed by atoms with Gasteiger partial charge < -0.3 is 14.5 Å². The third-order valence-corrected chi connectivity index (χ3v) is 8.57. The normalized spacial score (nSPS) is 19.1. The van der Waals surface area contributed by atoms with Crippen molar-refractivity contribution in [3.8, 4) is 11.6 Å². The van der Waals surface area contributed by atoms with Gasteiger partial charge in [0.05, 0.1) is 11.3 Å². The summed E-state index contributed by atoms with van der Waals surface area (Å²) < 4.78 is 34.8. The van der Waals surface area contributed by atoms with Crippen molar-refractivity contribution in [2.75, 3.05) is 29.4 Å². The fourth-order valence-corrected chi connectivity index (χ4v) is 6.56. The van der Waals surface area contributed by atoms with Gasteiger partial charge >= 0.3 is 0 Å². The average molecular weight is 550 g/mol. The molecule has 206 valence electrons. The number of pyridine rings is 2. The summed E-state index contributed by atoms with van der Waals surface area (Å²) in [4.78, 5) is 26.3. The molecule has 2 aliphatic rings. The van der Waals surface area contributed by atoms with Gasteiger partial charge in [0.2, 0.25) is 5.88 Å². The number of hydrogen-bond acceptors (Lipinski definition) is 8. The lowest BCUT2D eigenvalue weighted by Gasteiger charge is -2.33. The van der Waals surface area contributed by atoms with Crippen LogP contribution < -0.4 is 19.3 Å². The maximum atomic E-state index is 13.3. The number of nitrogens with zero attached hydrogens (tertiary/aromatic N) is 4. The van der Waals surface area contributed by atoms with Crippen molar-refractivity contribution in [3.05, 3.63) is 66.4 Å². The highest BCUT2D eigenvalue weighted by Gasteiger charge is 2.39. The van der Waals surface area contributed by atoms with Gasteiger partial charge in [-0.2, -0.15) is 13.4 Å². The summed E-state index contributed by atoms with van der Waals surface area (Å²) in [7, 11) is -4.28. The number of anilines is 2. The van der Waals surface area contributed by atoms with Gasteiger partial charge in [0.25, 0.3) is 15.9 Å². The fourth-order valence-electron chi connectivity index (χ4n) is 5.63. The zero-order valence-corrected chi connectivity index (χ0v) is 23.4. The summed E-state index contributed by atoms with van der Waals surface area (Å²) in [5.74, 6) is 0.877. The van der Waals surface area contributed by atoms with E-state index in [4.69, 9.17) is 4.74 Å². The van der Waals surface area contributed by atoms with E-state index in [0.29, 0.717) is 17.5 Å². The number of benzene rings is 1. The summed E-state index contributed by atoms with van der Waals surface area (Å²) >= 11 is 0. The molecule has 1 N–H and O–H groups in total. The van der Waals surface area contributed by atoms with E-state index in [1.807, 2.05) is 24.3 Å². The molecule has 1 aromatic carbocycles. The van der Waals surface area contributed by atoms with E-state index in [0.717, 1.165) is 44.6 Å². The van der Waals surface area contributed by atoms with Gasteiger partial charge in [0.15, 0.2) is 10.8 Å². The Balaban J connectivity index is 1.36. The smallest absolute Gasteiger partial charge is 0.281 e. The number of hydrogen-bond donors (Lipinski definition) is 1. The van der Waals surface area contributed by atoms with Crippen LogP contribution in [0.5, 0.6) is 11.6 Å². The number of sulfonamides is 1. The van der Waals surface area contributed by atoms with E-state index >= 15 is 0 Å². The maximum absolute atomic E-state index is 13.3. The first-order chi connectivity index (χ1) is 18.6. The summed E-state index contributed by atoms with van der Waals surface area (Å²) in [5, 5.41) is -0.302. The molecule has 2 fully saturated rings. The zero-order chi connectivity index (χ0) is 27.6. The van der Waals surface area contributed by atoms with Crippen molar-refractivity contribution >= 4 is 27.4 Å². The van der Waals surface area contributed by atoms with Gasteiger partial charge in [-0.25, -0.2) is 9.71 Å². The largest absolute Gasteiger partial charge is 0.437 e. The standard InChI is InChI=1S/C29H35N5O4S/c1-21-19-29(2,3)34(20-21)27-22(11-10-16-30-27)28(35)32-39(36,37)26-15-9-14-25(31-26)38-24-13-6-5-12-23(24)33-17-7-4-8-18-33/h5-6,9-16,21H,4,7-8,17-20H2,1-3H3,(H,32,35). The minimum atomic E-state index is -4.28. The Labute approximate surface area is 230 Å². The van der Waals surface area contributed by atoms with Crippen LogP contribution in [0.15, 0.2) is 65.8 Å². The number of piperidine rings is 1. The first-order valence-corrected chi connectivity index (χ1v) is 14.9. The van der Waals surface area contributed by atoms with Gasteiger partial charge in [-0.15, -0.1) is 0 Å². The molecule has 0 radical (unpaired) electrons. The number of aromatic nitrogens is 2.